The maximum absolute atomic E-state index is 12.7. The second-order valence-electron chi connectivity index (χ2n) is 7.82. The summed E-state index contributed by atoms with van der Waals surface area (Å²) < 4.78 is 1.21. The van der Waals surface area contributed by atoms with E-state index in [1.807, 2.05) is 13.8 Å². The zero-order chi connectivity index (χ0) is 19.6. The van der Waals surface area contributed by atoms with Crippen LogP contribution >= 0.6 is 0 Å². The number of nitrogens with one attached hydrogen (secondary N) is 3. The normalized spacial score (nSPS) is 20.5. The van der Waals surface area contributed by atoms with Crippen LogP contribution in [0.25, 0.3) is 0 Å². The Balaban J connectivity index is 1.74. The van der Waals surface area contributed by atoms with Crippen LogP contribution in [-0.2, 0) is 11.3 Å². The fraction of sp³-hybridized carbons (Fsp3) is 0.684. The molecule has 1 amide bonds. The molecule has 1 atom stereocenters. The van der Waals surface area contributed by atoms with Gasteiger partial charge in [0.25, 0.3) is 5.56 Å². The molecule has 0 aromatic carbocycles. The lowest BCUT2D eigenvalue weighted by Gasteiger charge is -2.33. The topological polar surface area (TPSA) is 103 Å². The van der Waals surface area contributed by atoms with Crippen molar-refractivity contribution < 1.29 is 4.79 Å². The minimum absolute atomic E-state index is 0.0362. The molecule has 3 N–H and O–H groups in total. The van der Waals surface area contributed by atoms with Gasteiger partial charge in [-0.3, -0.25) is 14.5 Å². The Morgan fingerprint density at radius 2 is 2.11 bits per heavy atom. The fourth-order valence-corrected chi connectivity index (χ4v) is 3.83. The summed E-state index contributed by atoms with van der Waals surface area (Å²) >= 11 is 0. The number of nitrogens with zero attached hydrogens (tertiary/aromatic N) is 3. The summed E-state index contributed by atoms with van der Waals surface area (Å²) in [5.74, 6) is -0.152. The maximum Gasteiger partial charge on any atom is 0.291 e. The zero-order valence-corrected chi connectivity index (χ0v) is 16.4. The minimum atomic E-state index is -0.376. The van der Waals surface area contributed by atoms with Crippen molar-refractivity contribution in [1.82, 2.24) is 20.0 Å². The predicted octanol–water partition coefficient (Wildman–Crippen LogP) is 1.15. The van der Waals surface area contributed by atoms with Crippen LogP contribution in [0.1, 0.15) is 56.7 Å². The lowest BCUT2D eigenvalue weighted by atomic mass is 10.0. The first kappa shape index (κ1) is 19.5. The monoisotopic (exact) mass is 374 g/mol. The molecular formula is C19H30N6O2. The lowest BCUT2D eigenvalue weighted by Crippen LogP contribution is -2.49. The second kappa shape index (κ2) is 8.21. The number of anilines is 1. The molecule has 1 aliphatic heterocycles. The smallest absolute Gasteiger partial charge is 0.291 e. The van der Waals surface area contributed by atoms with Crippen LogP contribution in [-0.4, -0.2) is 59.0 Å². The van der Waals surface area contributed by atoms with Crippen LogP contribution in [0.5, 0.6) is 0 Å². The highest BCUT2D eigenvalue weighted by molar-refractivity contribution is 5.87. The third kappa shape index (κ3) is 4.37. The van der Waals surface area contributed by atoms with E-state index < -0.39 is 0 Å². The van der Waals surface area contributed by atoms with Gasteiger partial charge in [-0.15, -0.1) is 0 Å². The highest BCUT2D eigenvalue weighted by atomic mass is 16.2. The van der Waals surface area contributed by atoms with Crippen molar-refractivity contribution in [3.63, 3.8) is 0 Å². The largest absolute Gasteiger partial charge is 0.383 e. The van der Waals surface area contributed by atoms with E-state index in [1.165, 1.54) is 17.5 Å². The number of likely N-dealkylation sites (tertiary alicyclic amines) is 1. The van der Waals surface area contributed by atoms with Gasteiger partial charge in [-0.2, -0.15) is 5.10 Å². The van der Waals surface area contributed by atoms with Crippen molar-refractivity contribution in [2.24, 2.45) is 0 Å². The van der Waals surface area contributed by atoms with Gasteiger partial charge in [0.1, 0.15) is 12.2 Å². The van der Waals surface area contributed by atoms with Crippen molar-refractivity contribution in [2.75, 3.05) is 25.5 Å². The molecule has 1 aromatic heterocycles. The van der Waals surface area contributed by atoms with E-state index in [0.29, 0.717) is 23.0 Å². The molecule has 0 unspecified atom stereocenters. The Morgan fingerprint density at radius 1 is 1.37 bits per heavy atom. The molecule has 2 aliphatic rings. The van der Waals surface area contributed by atoms with Gasteiger partial charge in [0.15, 0.2) is 0 Å². The molecule has 3 rings (SSSR count). The van der Waals surface area contributed by atoms with Gasteiger partial charge in [-0.1, -0.05) is 13.8 Å². The molecule has 1 saturated carbocycles. The highest BCUT2D eigenvalue weighted by Crippen LogP contribution is 2.29. The first-order valence-electron chi connectivity index (χ1n) is 9.81. The quantitative estimate of drug-likeness (QED) is 0.621. The number of piperidine rings is 1. The summed E-state index contributed by atoms with van der Waals surface area (Å²) in [5, 5.41) is 17.9. The first-order valence-corrected chi connectivity index (χ1v) is 9.81. The van der Waals surface area contributed by atoms with Crippen molar-refractivity contribution in [2.45, 2.75) is 64.1 Å². The summed E-state index contributed by atoms with van der Waals surface area (Å²) in [6.07, 6.45) is 5.75. The molecule has 2 fully saturated rings. The van der Waals surface area contributed by atoms with Gasteiger partial charge in [0.05, 0.1) is 5.69 Å². The van der Waals surface area contributed by atoms with Crippen molar-refractivity contribution in [1.29, 1.82) is 5.41 Å². The number of hydrogen-bond donors (Lipinski definition) is 3. The number of carbonyl (C=O) groups is 1. The van der Waals surface area contributed by atoms with E-state index in [1.54, 1.807) is 7.05 Å². The Morgan fingerprint density at radius 3 is 2.70 bits per heavy atom. The molecule has 8 heteroatoms. The zero-order valence-electron chi connectivity index (χ0n) is 16.4. The first-order chi connectivity index (χ1) is 12.9. The molecular weight excluding hydrogens is 344 g/mol. The number of aromatic nitrogens is 2. The molecule has 2 heterocycles. The SMILES string of the molecule is CNc1c(C=N)c(C(C)C)nn(CC(=O)N[C@@H]2CCCN(C3CC3)C2)c1=O. The van der Waals surface area contributed by atoms with Crippen LogP contribution in [0.2, 0.25) is 0 Å². The number of hydrogen-bond acceptors (Lipinski definition) is 6. The third-order valence-corrected chi connectivity index (χ3v) is 5.34. The Hall–Kier alpha value is -2.22. The minimum Gasteiger partial charge on any atom is -0.383 e. The van der Waals surface area contributed by atoms with Crippen molar-refractivity contribution >= 4 is 17.8 Å². The summed E-state index contributed by atoms with van der Waals surface area (Å²) in [4.78, 5) is 27.7. The summed E-state index contributed by atoms with van der Waals surface area (Å²) in [5.41, 5.74) is 1.06. The van der Waals surface area contributed by atoms with E-state index in [9.17, 15) is 9.59 Å². The molecule has 27 heavy (non-hydrogen) atoms. The van der Waals surface area contributed by atoms with Gasteiger partial charge in [-0.05, 0) is 38.1 Å². The Bertz CT molecular complexity index is 768. The summed E-state index contributed by atoms with van der Waals surface area (Å²) in [6.45, 7) is 5.82. The van der Waals surface area contributed by atoms with Gasteiger partial charge in [-0.25, -0.2) is 4.68 Å². The number of carbonyl (C=O) groups excluding carboxylic acids is 1. The lowest BCUT2D eigenvalue weighted by molar-refractivity contribution is -0.123. The second-order valence-corrected chi connectivity index (χ2v) is 7.82. The van der Waals surface area contributed by atoms with Gasteiger partial charge in [0, 0.05) is 37.5 Å². The third-order valence-electron chi connectivity index (χ3n) is 5.34. The van der Waals surface area contributed by atoms with E-state index in [-0.39, 0.29) is 30.0 Å². The van der Waals surface area contributed by atoms with E-state index in [2.05, 4.69) is 20.6 Å². The van der Waals surface area contributed by atoms with Crippen LogP contribution in [0.3, 0.4) is 0 Å². The highest BCUT2D eigenvalue weighted by Gasteiger charge is 2.33. The number of amides is 1. The van der Waals surface area contributed by atoms with E-state index in [0.717, 1.165) is 32.1 Å². The van der Waals surface area contributed by atoms with E-state index >= 15 is 0 Å². The van der Waals surface area contributed by atoms with Crippen LogP contribution in [0, 0.1) is 5.41 Å². The van der Waals surface area contributed by atoms with Crippen molar-refractivity contribution in [3.8, 4) is 0 Å². The molecule has 0 bridgehead atoms. The fourth-order valence-electron chi connectivity index (χ4n) is 3.83. The standard InChI is InChI=1S/C19H30N6O2/c1-12(2)17-15(9-20)18(21-3)19(27)25(23-17)11-16(26)22-13-5-4-8-24(10-13)14-6-7-14/h9,12-14,20-21H,4-8,10-11H2,1-3H3,(H,22,26)/t13-/m1/s1. The molecule has 1 saturated heterocycles. The van der Waals surface area contributed by atoms with Crippen molar-refractivity contribution in [3.05, 3.63) is 21.6 Å². The summed E-state index contributed by atoms with van der Waals surface area (Å²) in [7, 11) is 1.65. The van der Waals surface area contributed by atoms with E-state index in [4.69, 9.17) is 5.41 Å². The average Bonchev–Trinajstić information content (AvgIpc) is 3.48. The maximum atomic E-state index is 12.7. The Labute approximate surface area is 159 Å². The molecule has 8 nitrogen and oxygen atoms in total. The average molecular weight is 374 g/mol. The molecule has 1 aliphatic carbocycles. The molecule has 0 spiro atoms. The van der Waals surface area contributed by atoms with Gasteiger partial charge in [0.2, 0.25) is 5.91 Å². The summed E-state index contributed by atoms with van der Waals surface area (Å²) in [6, 6.07) is 0.839. The van der Waals surface area contributed by atoms with Crippen LogP contribution in [0.15, 0.2) is 4.79 Å². The Kier molecular flexibility index (Phi) is 5.94. The van der Waals surface area contributed by atoms with Gasteiger partial charge < -0.3 is 16.0 Å². The molecule has 1 aromatic rings. The van der Waals surface area contributed by atoms with Crippen LogP contribution < -0.4 is 16.2 Å². The van der Waals surface area contributed by atoms with Crippen LogP contribution in [0.4, 0.5) is 5.69 Å². The molecule has 148 valence electrons. The molecule has 0 radical (unpaired) electrons. The van der Waals surface area contributed by atoms with Gasteiger partial charge >= 0.3 is 0 Å². The predicted molar refractivity (Wildman–Crippen MR) is 106 cm³/mol. The number of rotatable bonds is 7.